The molecular formula is C14H17FN4O. The highest BCUT2D eigenvalue weighted by molar-refractivity contribution is 6.08. The number of nitrogens with zero attached hydrogens (tertiary/aromatic N) is 3. The van der Waals surface area contributed by atoms with Crippen molar-refractivity contribution in [1.29, 1.82) is 0 Å². The molecule has 0 aliphatic heterocycles. The van der Waals surface area contributed by atoms with Crippen molar-refractivity contribution in [2.45, 2.75) is 20.4 Å². The van der Waals surface area contributed by atoms with Crippen LogP contribution in [0.3, 0.4) is 0 Å². The Morgan fingerprint density at radius 3 is 2.80 bits per heavy atom. The standard InChI is InChI=1S/C14H17FN4O/c1-3-18(11-7-5-6-10(15)8-11)14(20)13-12(16)9-17-19(13)4-2/h5-9H,3-4,16H2,1-2H3. The molecule has 1 aromatic carbocycles. The smallest absolute Gasteiger partial charge is 0.278 e. The van der Waals surface area contributed by atoms with Gasteiger partial charge in [0.2, 0.25) is 0 Å². The minimum Gasteiger partial charge on any atom is -0.396 e. The number of carbonyl (C=O) groups is 1. The minimum absolute atomic E-state index is 0.282. The number of hydrogen-bond donors (Lipinski definition) is 1. The molecular weight excluding hydrogens is 259 g/mol. The molecule has 1 amide bonds. The molecule has 0 fully saturated rings. The van der Waals surface area contributed by atoms with Crippen LogP contribution >= 0.6 is 0 Å². The van der Waals surface area contributed by atoms with Crippen LogP contribution in [0.1, 0.15) is 24.3 Å². The van der Waals surface area contributed by atoms with E-state index in [2.05, 4.69) is 5.10 Å². The summed E-state index contributed by atoms with van der Waals surface area (Å²) in [7, 11) is 0. The number of benzene rings is 1. The summed E-state index contributed by atoms with van der Waals surface area (Å²) in [4.78, 5) is 14.1. The van der Waals surface area contributed by atoms with Crippen molar-refractivity contribution in [3.05, 3.63) is 42.0 Å². The normalized spacial score (nSPS) is 10.6. The molecule has 0 radical (unpaired) electrons. The molecule has 0 aliphatic carbocycles. The lowest BCUT2D eigenvalue weighted by Crippen LogP contribution is -2.33. The molecule has 0 aliphatic rings. The van der Waals surface area contributed by atoms with Gasteiger partial charge in [0.25, 0.3) is 5.91 Å². The van der Waals surface area contributed by atoms with Crippen LogP contribution in [0.2, 0.25) is 0 Å². The molecule has 0 spiro atoms. The monoisotopic (exact) mass is 276 g/mol. The SMILES string of the molecule is CCN(C(=O)c1c(N)cnn1CC)c1cccc(F)c1. The number of carbonyl (C=O) groups excluding carboxylic acids is 1. The molecule has 1 aromatic heterocycles. The fourth-order valence-electron chi connectivity index (χ4n) is 2.09. The van der Waals surface area contributed by atoms with E-state index in [0.717, 1.165) is 0 Å². The van der Waals surface area contributed by atoms with E-state index in [1.807, 2.05) is 13.8 Å². The molecule has 6 heteroatoms. The van der Waals surface area contributed by atoms with Gasteiger partial charge in [0, 0.05) is 18.8 Å². The van der Waals surface area contributed by atoms with E-state index in [9.17, 15) is 9.18 Å². The summed E-state index contributed by atoms with van der Waals surface area (Å²) in [5, 5.41) is 4.05. The number of aryl methyl sites for hydroxylation is 1. The van der Waals surface area contributed by atoms with Crippen LogP contribution in [0, 0.1) is 5.82 Å². The van der Waals surface area contributed by atoms with E-state index < -0.39 is 0 Å². The van der Waals surface area contributed by atoms with Gasteiger partial charge in [-0.2, -0.15) is 5.10 Å². The molecule has 0 saturated heterocycles. The summed E-state index contributed by atoms with van der Waals surface area (Å²) in [5.41, 5.74) is 6.97. The van der Waals surface area contributed by atoms with Gasteiger partial charge in [0.15, 0.2) is 0 Å². The highest BCUT2D eigenvalue weighted by atomic mass is 19.1. The lowest BCUT2D eigenvalue weighted by atomic mass is 10.2. The Bertz CT molecular complexity index is 623. The summed E-state index contributed by atoms with van der Waals surface area (Å²) in [6, 6.07) is 5.92. The Balaban J connectivity index is 2.41. The van der Waals surface area contributed by atoms with Crippen LogP contribution in [-0.2, 0) is 6.54 Å². The molecule has 0 bridgehead atoms. The number of amides is 1. The molecule has 5 nitrogen and oxygen atoms in total. The van der Waals surface area contributed by atoms with Gasteiger partial charge in [0.05, 0.1) is 11.9 Å². The van der Waals surface area contributed by atoms with Crippen LogP contribution in [-0.4, -0.2) is 22.2 Å². The molecule has 1 heterocycles. The largest absolute Gasteiger partial charge is 0.396 e. The number of aromatic nitrogens is 2. The first-order chi connectivity index (χ1) is 9.58. The third-order valence-corrected chi connectivity index (χ3v) is 3.05. The molecule has 0 unspecified atom stereocenters. The molecule has 0 atom stereocenters. The van der Waals surface area contributed by atoms with Crippen LogP contribution in [0.15, 0.2) is 30.5 Å². The van der Waals surface area contributed by atoms with E-state index in [0.29, 0.717) is 30.2 Å². The minimum atomic E-state index is -0.384. The molecule has 2 rings (SSSR count). The average molecular weight is 276 g/mol. The Hall–Kier alpha value is -2.37. The molecule has 106 valence electrons. The first kappa shape index (κ1) is 14.0. The Kier molecular flexibility index (Phi) is 4.02. The predicted octanol–water partition coefficient (Wildman–Crippen LogP) is 2.29. The third-order valence-electron chi connectivity index (χ3n) is 3.05. The topological polar surface area (TPSA) is 64.2 Å². The van der Waals surface area contributed by atoms with Crippen molar-refractivity contribution in [3.63, 3.8) is 0 Å². The van der Waals surface area contributed by atoms with Crippen LogP contribution in [0.4, 0.5) is 15.8 Å². The molecule has 20 heavy (non-hydrogen) atoms. The number of nitrogens with two attached hydrogens (primary N) is 1. The second kappa shape index (κ2) is 5.73. The van der Waals surface area contributed by atoms with E-state index in [1.54, 1.807) is 16.8 Å². The average Bonchev–Trinajstić information content (AvgIpc) is 2.80. The summed E-state index contributed by atoms with van der Waals surface area (Å²) in [6.07, 6.45) is 1.45. The Morgan fingerprint density at radius 1 is 1.45 bits per heavy atom. The summed E-state index contributed by atoms with van der Waals surface area (Å²) < 4.78 is 14.9. The maximum absolute atomic E-state index is 13.3. The zero-order chi connectivity index (χ0) is 14.7. The Morgan fingerprint density at radius 2 is 2.20 bits per heavy atom. The van der Waals surface area contributed by atoms with Crippen molar-refractivity contribution < 1.29 is 9.18 Å². The quantitative estimate of drug-likeness (QED) is 0.931. The first-order valence-corrected chi connectivity index (χ1v) is 6.47. The van der Waals surface area contributed by atoms with Gasteiger partial charge in [0.1, 0.15) is 11.5 Å². The van der Waals surface area contributed by atoms with Crippen molar-refractivity contribution in [2.24, 2.45) is 0 Å². The van der Waals surface area contributed by atoms with Gasteiger partial charge >= 0.3 is 0 Å². The van der Waals surface area contributed by atoms with Crippen molar-refractivity contribution in [2.75, 3.05) is 17.2 Å². The van der Waals surface area contributed by atoms with E-state index in [1.165, 1.54) is 23.2 Å². The molecule has 2 N–H and O–H groups in total. The van der Waals surface area contributed by atoms with Crippen molar-refractivity contribution in [3.8, 4) is 0 Å². The number of rotatable bonds is 4. The fraction of sp³-hybridized carbons (Fsp3) is 0.286. The lowest BCUT2D eigenvalue weighted by Gasteiger charge is -2.21. The highest BCUT2D eigenvalue weighted by Gasteiger charge is 2.22. The maximum atomic E-state index is 13.3. The highest BCUT2D eigenvalue weighted by Crippen LogP contribution is 2.21. The zero-order valence-corrected chi connectivity index (χ0v) is 11.5. The summed E-state index contributed by atoms with van der Waals surface area (Å²) in [6.45, 7) is 4.66. The van der Waals surface area contributed by atoms with E-state index in [-0.39, 0.29) is 11.7 Å². The van der Waals surface area contributed by atoms with Gasteiger partial charge in [-0.15, -0.1) is 0 Å². The van der Waals surface area contributed by atoms with E-state index in [4.69, 9.17) is 5.73 Å². The van der Waals surface area contributed by atoms with Gasteiger partial charge in [-0.3, -0.25) is 9.48 Å². The Labute approximate surface area is 116 Å². The number of anilines is 2. The third kappa shape index (κ3) is 2.49. The van der Waals surface area contributed by atoms with Gasteiger partial charge in [-0.25, -0.2) is 4.39 Å². The van der Waals surface area contributed by atoms with Gasteiger partial charge in [-0.1, -0.05) is 6.07 Å². The lowest BCUT2D eigenvalue weighted by molar-refractivity contribution is 0.0979. The second-order valence-corrected chi connectivity index (χ2v) is 4.29. The summed E-state index contributed by atoms with van der Waals surface area (Å²) >= 11 is 0. The number of hydrogen-bond acceptors (Lipinski definition) is 3. The van der Waals surface area contributed by atoms with Crippen molar-refractivity contribution in [1.82, 2.24) is 9.78 Å². The molecule has 0 saturated carbocycles. The number of nitrogen functional groups attached to an aromatic ring is 1. The van der Waals surface area contributed by atoms with Crippen LogP contribution in [0.25, 0.3) is 0 Å². The molecule has 2 aromatic rings. The fourth-order valence-corrected chi connectivity index (χ4v) is 2.09. The van der Waals surface area contributed by atoms with Crippen molar-refractivity contribution >= 4 is 17.3 Å². The van der Waals surface area contributed by atoms with Gasteiger partial charge in [-0.05, 0) is 32.0 Å². The number of halogens is 1. The zero-order valence-electron chi connectivity index (χ0n) is 11.5. The van der Waals surface area contributed by atoms with Gasteiger partial charge < -0.3 is 10.6 Å². The predicted molar refractivity (Wildman–Crippen MR) is 76.1 cm³/mol. The van der Waals surface area contributed by atoms with Crippen LogP contribution < -0.4 is 10.6 Å². The maximum Gasteiger partial charge on any atom is 0.278 e. The summed E-state index contributed by atoms with van der Waals surface area (Å²) in [5.74, 6) is -0.666. The van der Waals surface area contributed by atoms with Crippen LogP contribution in [0.5, 0.6) is 0 Å². The second-order valence-electron chi connectivity index (χ2n) is 4.29. The first-order valence-electron chi connectivity index (χ1n) is 6.47. The van der Waals surface area contributed by atoms with E-state index >= 15 is 0 Å².